The SMILES string of the molecule is CCOC(=O)c1cn2c(n1)NCC(c1ccccc1)C2. The smallest absolute Gasteiger partial charge is 0.358 e. The average molecular weight is 271 g/mol. The van der Waals surface area contributed by atoms with E-state index in [1.807, 2.05) is 22.8 Å². The summed E-state index contributed by atoms with van der Waals surface area (Å²) < 4.78 is 6.95. The van der Waals surface area contributed by atoms with Gasteiger partial charge in [-0.05, 0) is 12.5 Å². The van der Waals surface area contributed by atoms with Crippen molar-refractivity contribution in [1.82, 2.24) is 9.55 Å². The molecule has 1 unspecified atom stereocenters. The molecule has 0 radical (unpaired) electrons. The summed E-state index contributed by atoms with van der Waals surface area (Å²) in [5.41, 5.74) is 1.65. The van der Waals surface area contributed by atoms with E-state index in [2.05, 4.69) is 22.4 Å². The second-order valence-electron chi connectivity index (χ2n) is 4.81. The largest absolute Gasteiger partial charge is 0.461 e. The van der Waals surface area contributed by atoms with Gasteiger partial charge in [-0.1, -0.05) is 30.3 Å². The van der Waals surface area contributed by atoms with E-state index in [0.29, 0.717) is 18.2 Å². The van der Waals surface area contributed by atoms with Crippen molar-refractivity contribution in [2.75, 3.05) is 18.5 Å². The zero-order chi connectivity index (χ0) is 13.9. The Balaban J connectivity index is 1.80. The minimum Gasteiger partial charge on any atom is -0.461 e. The van der Waals surface area contributed by atoms with Gasteiger partial charge in [-0.25, -0.2) is 9.78 Å². The quantitative estimate of drug-likeness (QED) is 0.870. The van der Waals surface area contributed by atoms with Crippen LogP contribution in [-0.4, -0.2) is 28.7 Å². The number of ether oxygens (including phenoxy) is 1. The molecule has 0 saturated heterocycles. The molecule has 0 amide bonds. The maximum atomic E-state index is 11.7. The molecule has 5 heteroatoms. The highest BCUT2D eigenvalue weighted by Crippen LogP contribution is 2.25. The van der Waals surface area contributed by atoms with Crippen molar-refractivity contribution in [1.29, 1.82) is 0 Å². The van der Waals surface area contributed by atoms with Crippen molar-refractivity contribution in [3.8, 4) is 0 Å². The minimum absolute atomic E-state index is 0.362. The van der Waals surface area contributed by atoms with Gasteiger partial charge in [-0.15, -0.1) is 0 Å². The average Bonchev–Trinajstić information content (AvgIpc) is 2.91. The molecule has 5 nitrogen and oxygen atoms in total. The Morgan fingerprint density at radius 3 is 3.00 bits per heavy atom. The summed E-state index contributed by atoms with van der Waals surface area (Å²) in [6.45, 7) is 3.79. The third-order valence-corrected chi connectivity index (χ3v) is 3.46. The van der Waals surface area contributed by atoms with Crippen LogP contribution in [0.4, 0.5) is 5.95 Å². The number of anilines is 1. The van der Waals surface area contributed by atoms with Crippen LogP contribution in [0.1, 0.15) is 28.9 Å². The van der Waals surface area contributed by atoms with Crippen LogP contribution >= 0.6 is 0 Å². The van der Waals surface area contributed by atoms with Crippen molar-refractivity contribution in [2.24, 2.45) is 0 Å². The molecule has 0 fully saturated rings. The summed E-state index contributed by atoms with van der Waals surface area (Å²) in [4.78, 5) is 16.0. The van der Waals surface area contributed by atoms with Gasteiger partial charge in [0.2, 0.25) is 5.95 Å². The number of nitrogens with zero attached hydrogens (tertiary/aromatic N) is 2. The van der Waals surface area contributed by atoms with Crippen LogP contribution in [0.3, 0.4) is 0 Å². The lowest BCUT2D eigenvalue weighted by atomic mass is 9.98. The third-order valence-electron chi connectivity index (χ3n) is 3.46. The van der Waals surface area contributed by atoms with E-state index >= 15 is 0 Å². The van der Waals surface area contributed by atoms with Crippen LogP contribution in [0.2, 0.25) is 0 Å². The number of carbonyl (C=O) groups excluding carboxylic acids is 1. The predicted octanol–water partition coefficient (Wildman–Crippen LogP) is 2.27. The first-order chi connectivity index (χ1) is 9.78. The Bertz CT molecular complexity index is 607. The molecule has 0 spiro atoms. The summed E-state index contributed by atoms with van der Waals surface area (Å²) >= 11 is 0. The van der Waals surface area contributed by atoms with Crippen molar-refractivity contribution >= 4 is 11.9 Å². The van der Waals surface area contributed by atoms with Gasteiger partial charge < -0.3 is 14.6 Å². The molecule has 1 aliphatic rings. The van der Waals surface area contributed by atoms with Gasteiger partial charge in [0.25, 0.3) is 0 Å². The van der Waals surface area contributed by atoms with Gasteiger partial charge in [0, 0.05) is 25.2 Å². The molecule has 20 heavy (non-hydrogen) atoms. The third kappa shape index (κ3) is 2.39. The van der Waals surface area contributed by atoms with Crippen LogP contribution in [-0.2, 0) is 11.3 Å². The Morgan fingerprint density at radius 2 is 2.25 bits per heavy atom. The highest BCUT2D eigenvalue weighted by Gasteiger charge is 2.23. The lowest BCUT2D eigenvalue weighted by Crippen LogP contribution is -2.25. The zero-order valence-corrected chi connectivity index (χ0v) is 11.4. The molecule has 0 bridgehead atoms. The van der Waals surface area contributed by atoms with E-state index in [1.54, 1.807) is 13.1 Å². The fraction of sp³-hybridized carbons (Fsp3) is 0.333. The first kappa shape index (κ1) is 12.7. The predicted molar refractivity (Wildman–Crippen MR) is 75.9 cm³/mol. The maximum Gasteiger partial charge on any atom is 0.358 e. The van der Waals surface area contributed by atoms with Crippen LogP contribution < -0.4 is 5.32 Å². The fourth-order valence-electron chi connectivity index (χ4n) is 2.46. The monoisotopic (exact) mass is 271 g/mol. The van der Waals surface area contributed by atoms with Gasteiger partial charge >= 0.3 is 5.97 Å². The standard InChI is InChI=1S/C15H17N3O2/c1-2-20-14(19)13-10-18-9-12(8-16-15(18)17-13)11-6-4-3-5-7-11/h3-7,10,12H,2,8-9H2,1H3,(H,16,17). The highest BCUT2D eigenvalue weighted by molar-refractivity contribution is 5.87. The topological polar surface area (TPSA) is 56.2 Å². The number of benzene rings is 1. The number of aromatic nitrogens is 2. The summed E-state index contributed by atoms with van der Waals surface area (Å²) in [5.74, 6) is 0.751. The first-order valence-corrected chi connectivity index (χ1v) is 6.81. The molecule has 1 aliphatic heterocycles. The normalized spacial score (nSPS) is 17.1. The molecule has 1 N–H and O–H groups in total. The number of esters is 1. The van der Waals surface area contributed by atoms with E-state index in [0.717, 1.165) is 19.0 Å². The van der Waals surface area contributed by atoms with Gasteiger partial charge in [0.15, 0.2) is 5.69 Å². The molecule has 2 heterocycles. The Labute approximate surface area is 117 Å². The van der Waals surface area contributed by atoms with E-state index in [9.17, 15) is 4.79 Å². The molecule has 3 rings (SSSR count). The molecule has 2 aromatic rings. The molecule has 104 valence electrons. The number of nitrogens with one attached hydrogen (secondary N) is 1. The number of rotatable bonds is 3. The van der Waals surface area contributed by atoms with E-state index in [-0.39, 0.29) is 5.97 Å². The maximum absolute atomic E-state index is 11.7. The summed E-state index contributed by atoms with van der Waals surface area (Å²) in [6, 6.07) is 10.4. The second-order valence-corrected chi connectivity index (χ2v) is 4.81. The lowest BCUT2D eigenvalue weighted by Gasteiger charge is -2.25. The van der Waals surface area contributed by atoms with Crippen molar-refractivity contribution in [2.45, 2.75) is 19.4 Å². The molecule has 0 saturated carbocycles. The summed E-state index contributed by atoms with van der Waals surface area (Å²) in [7, 11) is 0. The summed E-state index contributed by atoms with van der Waals surface area (Å²) in [6.07, 6.45) is 1.76. The van der Waals surface area contributed by atoms with Crippen molar-refractivity contribution in [3.05, 3.63) is 47.8 Å². The van der Waals surface area contributed by atoms with E-state index < -0.39 is 0 Å². The van der Waals surface area contributed by atoms with Gasteiger partial charge in [-0.3, -0.25) is 0 Å². The lowest BCUT2D eigenvalue weighted by molar-refractivity contribution is 0.0520. The highest BCUT2D eigenvalue weighted by atomic mass is 16.5. The molecule has 0 aliphatic carbocycles. The fourth-order valence-corrected chi connectivity index (χ4v) is 2.46. The Hall–Kier alpha value is -2.30. The zero-order valence-electron chi connectivity index (χ0n) is 11.4. The number of hydrogen-bond acceptors (Lipinski definition) is 4. The van der Waals surface area contributed by atoms with Crippen LogP contribution in [0, 0.1) is 0 Å². The van der Waals surface area contributed by atoms with Crippen LogP contribution in [0.15, 0.2) is 36.5 Å². The molecule has 1 atom stereocenters. The number of imidazole rings is 1. The Morgan fingerprint density at radius 1 is 1.45 bits per heavy atom. The number of fused-ring (bicyclic) bond motifs is 1. The molecular formula is C15H17N3O2. The van der Waals surface area contributed by atoms with E-state index in [4.69, 9.17) is 4.74 Å². The first-order valence-electron chi connectivity index (χ1n) is 6.81. The molecule has 1 aromatic heterocycles. The molecule has 1 aromatic carbocycles. The van der Waals surface area contributed by atoms with Gasteiger partial charge in [0.05, 0.1) is 6.61 Å². The van der Waals surface area contributed by atoms with Crippen LogP contribution in [0.25, 0.3) is 0 Å². The van der Waals surface area contributed by atoms with Gasteiger partial charge in [-0.2, -0.15) is 0 Å². The van der Waals surface area contributed by atoms with Crippen molar-refractivity contribution < 1.29 is 9.53 Å². The number of carbonyl (C=O) groups is 1. The van der Waals surface area contributed by atoms with Crippen molar-refractivity contribution in [3.63, 3.8) is 0 Å². The molecular weight excluding hydrogens is 254 g/mol. The number of hydrogen-bond donors (Lipinski definition) is 1. The minimum atomic E-state index is -0.368. The van der Waals surface area contributed by atoms with Gasteiger partial charge in [0.1, 0.15) is 0 Å². The van der Waals surface area contributed by atoms with Crippen LogP contribution in [0.5, 0.6) is 0 Å². The summed E-state index contributed by atoms with van der Waals surface area (Å²) in [5, 5.41) is 3.27. The second kappa shape index (κ2) is 5.36. The Kier molecular flexibility index (Phi) is 3.41. The van der Waals surface area contributed by atoms with E-state index in [1.165, 1.54) is 5.56 Å².